The van der Waals surface area contributed by atoms with Crippen molar-refractivity contribution in [2.24, 2.45) is 0 Å². The van der Waals surface area contributed by atoms with Crippen molar-refractivity contribution in [3.8, 4) is 16.9 Å². The summed E-state index contributed by atoms with van der Waals surface area (Å²) in [6, 6.07) is 3.99. The van der Waals surface area contributed by atoms with E-state index in [1.54, 1.807) is 10.9 Å². The van der Waals surface area contributed by atoms with E-state index >= 15 is 0 Å². The van der Waals surface area contributed by atoms with Crippen molar-refractivity contribution in [1.82, 2.24) is 29.9 Å². The Morgan fingerprint density at radius 1 is 1.00 bits per heavy atom. The topological polar surface area (TPSA) is 89.0 Å². The molecule has 0 aromatic carbocycles. The fourth-order valence-electron chi connectivity index (χ4n) is 3.66. The molecule has 29 heavy (non-hydrogen) atoms. The van der Waals surface area contributed by atoms with Crippen LogP contribution in [0.25, 0.3) is 16.9 Å². The Labute approximate surface area is 171 Å². The SMILES string of the molecule is Cc1ncc(N)cc1-n1cc(-c2cncc(N3CCN(C(C)(C)C)CC3)c2)nn1. The van der Waals surface area contributed by atoms with Crippen LogP contribution in [0.5, 0.6) is 0 Å². The normalized spacial score (nSPS) is 15.7. The number of rotatable bonds is 3. The van der Waals surface area contributed by atoms with Gasteiger partial charge in [-0.1, -0.05) is 5.21 Å². The molecular weight excluding hydrogens is 364 g/mol. The fourth-order valence-corrected chi connectivity index (χ4v) is 3.66. The molecule has 1 aliphatic heterocycles. The molecular formula is C21H28N8. The Bertz CT molecular complexity index is 996. The second-order valence-corrected chi connectivity index (χ2v) is 8.50. The van der Waals surface area contributed by atoms with Gasteiger partial charge in [0.2, 0.25) is 0 Å². The zero-order valence-corrected chi connectivity index (χ0v) is 17.5. The maximum atomic E-state index is 5.88. The van der Waals surface area contributed by atoms with E-state index in [4.69, 9.17) is 5.73 Å². The summed E-state index contributed by atoms with van der Waals surface area (Å²) in [7, 11) is 0. The number of hydrogen-bond acceptors (Lipinski definition) is 7. The quantitative estimate of drug-likeness (QED) is 0.732. The largest absolute Gasteiger partial charge is 0.397 e. The molecule has 1 fully saturated rings. The van der Waals surface area contributed by atoms with Gasteiger partial charge in [-0.25, -0.2) is 4.68 Å². The molecule has 0 amide bonds. The first kappa shape index (κ1) is 19.3. The van der Waals surface area contributed by atoms with Crippen LogP contribution in [0, 0.1) is 6.92 Å². The first-order valence-corrected chi connectivity index (χ1v) is 9.91. The summed E-state index contributed by atoms with van der Waals surface area (Å²) in [5.41, 5.74) is 11.2. The summed E-state index contributed by atoms with van der Waals surface area (Å²) in [4.78, 5) is 13.7. The van der Waals surface area contributed by atoms with Crippen molar-refractivity contribution in [2.75, 3.05) is 36.8 Å². The van der Waals surface area contributed by atoms with Gasteiger partial charge in [0.1, 0.15) is 5.69 Å². The molecule has 4 rings (SSSR count). The molecule has 152 valence electrons. The lowest BCUT2D eigenvalue weighted by atomic mass is 10.0. The highest BCUT2D eigenvalue weighted by Crippen LogP contribution is 2.25. The summed E-state index contributed by atoms with van der Waals surface area (Å²) < 4.78 is 1.71. The van der Waals surface area contributed by atoms with Gasteiger partial charge in [0.15, 0.2) is 0 Å². The van der Waals surface area contributed by atoms with Crippen molar-refractivity contribution < 1.29 is 0 Å². The first-order valence-electron chi connectivity index (χ1n) is 9.91. The third-order valence-corrected chi connectivity index (χ3v) is 5.43. The molecule has 0 aliphatic carbocycles. The van der Waals surface area contributed by atoms with Crippen molar-refractivity contribution in [3.63, 3.8) is 0 Å². The van der Waals surface area contributed by atoms with Crippen molar-refractivity contribution in [2.45, 2.75) is 33.2 Å². The van der Waals surface area contributed by atoms with Gasteiger partial charge in [0.05, 0.1) is 41.3 Å². The molecule has 8 heteroatoms. The minimum Gasteiger partial charge on any atom is -0.397 e. The number of nitrogens with zero attached hydrogens (tertiary/aromatic N) is 7. The molecule has 1 saturated heterocycles. The molecule has 0 atom stereocenters. The molecule has 3 aromatic rings. The third kappa shape index (κ3) is 4.07. The van der Waals surface area contributed by atoms with Gasteiger partial charge in [-0.2, -0.15) is 0 Å². The zero-order chi connectivity index (χ0) is 20.6. The van der Waals surface area contributed by atoms with Crippen LogP contribution in [0.3, 0.4) is 0 Å². The van der Waals surface area contributed by atoms with E-state index in [-0.39, 0.29) is 5.54 Å². The number of pyridine rings is 2. The Kier molecular flexibility index (Phi) is 4.96. The van der Waals surface area contributed by atoms with E-state index in [1.807, 2.05) is 31.6 Å². The van der Waals surface area contributed by atoms with Gasteiger partial charge >= 0.3 is 0 Å². The minimum absolute atomic E-state index is 0.207. The number of aryl methyl sites for hydroxylation is 1. The van der Waals surface area contributed by atoms with Crippen LogP contribution < -0.4 is 10.6 Å². The second-order valence-electron chi connectivity index (χ2n) is 8.50. The lowest BCUT2D eigenvalue weighted by Crippen LogP contribution is -2.53. The summed E-state index contributed by atoms with van der Waals surface area (Å²) in [6.45, 7) is 12.8. The zero-order valence-electron chi connectivity index (χ0n) is 17.5. The van der Waals surface area contributed by atoms with Gasteiger partial charge in [-0.3, -0.25) is 14.9 Å². The van der Waals surface area contributed by atoms with Gasteiger partial charge in [0, 0.05) is 43.5 Å². The highest BCUT2D eigenvalue weighted by molar-refractivity contribution is 5.64. The lowest BCUT2D eigenvalue weighted by molar-refractivity contribution is 0.128. The predicted molar refractivity (Wildman–Crippen MR) is 115 cm³/mol. The van der Waals surface area contributed by atoms with Crippen molar-refractivity contribution >= 4 is 11.4 Å². The van der Waals surface area contributed by atoms with Crippen LogP contribution in [-0.2, 0) is 0 Å². The molecule has 3 aromatic heterocycles. The summed E-state index contributed by atoms with van der Waals surface area (Å²) >= 11 is 0. The van der Waals surface area contributed by atoms with Crippen LogP contribution in [0.15, 0.2) is 36.9 Å². The fraction of sp³-hybridized carbons (Fsp3) is 0.429. The van der Waals surface area contributed by atoms with Crippen LogP contribution >= 0.6 is 0 Å². The highest BCUT2D eigenvalue weighted by Gasteiger charge is 2.26. The van der Waals surface area contributed by atoms with Crippen LogP contribution in [0.4, 0.5) is 11.4 Å². The van der Waals surface area contributed by atoms with E-state index in [0.717, 1.165) is 54.5 Å². The molecule has 0 radical (unpaired) electrons. The Balaban J connectivity index is 1.54. The van der Waals surface area contributed by atoms with E-state index < -0.39 is 0 Å². The van der Waals surface area contributed by atoms with Gasteiger partial charge in [0.25, 0.3) is 0 Å². The van der Waals surface area contributed by atoms with Crippen LogP contribution in [0.1, 0.15) is 26.5 Å². The lowest BCUT2D eigenvalue weighted by Gasteiger charge is -2.43. The molecule has 8 nitrogen and oxygen atoms in total. The van der Waals surface area contributed by atoms with Gasteiger partial charge in [-0.05, 0) is 39.8 Å². The molecule has 0 spiro atoms. The molecule has 2 N–H and O–H groups in total. The smallest absolute Gasteiger partial charge is 0.115 e. The molecule has 0 unspecified atom stereocenters. The average Bonchev–Trinajstić information content (AvgIpc) is 3.19. The summed E-state index contributed by atoms with van der Waals surface area (Å²) in [5, 5.41) is 8.61. The number of aromatic nitrogens is 5. The van der Waals surface area contributed by atoms with Gasteiger partial charge < -0.3 is 10.6 Å². The predicted octanol–water partition coefficient (Wildman–Crippen LogP) is 2.54. The maximum absolute atomic E-state index is 5.88. The first-order chi connectivity index (χ1) is 13.8. The number of piperazine rings is 1. The van der Waals surface area contributed by atoms with E-state index in [1.165, 1.54) is 0 Å². The second kappa shape index (κ2) is 7.44. The van der Waals surface area contributed by atoms with Crippen LogP contribution in [-0.4, -0.2) is 61.6 Å². The Morgan fingerprint density at radius 3 is 2.48 bits per heavy atom. The third-order valence-electron chi connectivity index (χ3n) is 5.43. The van der Waals surface area contributed by atoms with E-state index in [9.17, 15) is 0 Å². The van der Waals surface area contributed by atoms with Crippen molar-refractivity contribution in [3.05, 3.63) is 42.6 Å². The molecule has 0 saturated carbocycles. The number of hydrogen-bond donors (Lipinski definition) is 1. The maximum Gasteiger partial charge on any atom is 0.115 e. The molecule has 4 heterocycles. The van der Waals surface area contributed by atoms with E-state index in [0.29, 0.717) is 5.69 Å². The molecule has 1 aliphatic rings. The van der Waals surface area contributed by atoms with Crippen LogP contribution in [0.2, 0.25) is 0 Å². The molecule has 0 bridgehead atoms. The van der Waals surface area contributed by atoms with Crippen molar-refractivity contribution in [1.29, 1.82) is 0 Å². The standard InChI is InChI=1S/C21H28N8/c1-15-20(10-17(22)12-24-15)29-14-19(25-26-29)16-9-18(13-23-11-16)27-5-7-28(8-6-27)21(2,3)4/h9-14H,5-8,22H2,1-4H3. The number of nitrogens with two attached hydrogens (primary N) is 1. The van der Waals surface area contributed by atoms with E-state index in [2.05, 4.69) is 56.9 Å². The minimum atomic E-state index is 0.207. The van der Waals surface area contributed by atoms with Gasteiger partial charge in [-0.15, -0.1) is 5.10 Å². The summed E-state index contributed by atoms with van der Waals surface area (Å²) in [5.74, 6) is 0. The Hall–Kier alpha value is -3.00. The monoisotopic (exact) mass is 392 g/mol. The number of anilines is 2. The average molecular weight is 393 g/mol. The number of nitrogen functional groups attached to an aromatic ring is 1. The summed E-state index contributed by atoms with van der Waals surface area (Å²) in [6.07, 6.45) is 7.28. The Morgan fingerprint density at radius 2 is 1.76 bits per heavy atom. The highest BCUT2D eigenvalue weighted by atomic mass is 15.4.